The smallest absolute Gasteiger partial charge is 0.387 e. The molecule has 5 rings (SSSR count). The lowest BCUT2D eigenvalue weighted by Crippen LogP contribution is -2.19. The summed E-state index contributed by atoms with van der Waals surface area (Å²) in [7, 11) is -4.01. The fourth-order valence-corrected chi connectivity index (χ4v) is 8.31. The van der Waals surface area contributed by atoms with Crippen molar-refractivity contribution >= 4 is 37.8 Å². The van der Waals surface area contributed by atoms with Crippen molar-refractivity contribution in [2.45, 2.75) is 49.1 Å². The molecule has 1 atom stereocenters. The monoisotopic (exact) mass is 713 g/mol. The quantitative estimate of drug-likeness (QED) is 0.0996. The molecule has 5 aromatic rings. The van der Waals surface area contributed by atoms with Crippen LogP contribution in [0.15, 0.2) is 83.0 Å². The number of esters is 1. The number of aromatic nitrogens is 3. The van der Waals surface area contributed by atoms with Gasteiger partial charge in [0.1, 0.15) is 5.75 Å². The molecule has 0 saturated carbocycles. The molecular formula is C34H33F2N3O8S2. The van der Waals surface area contributed by atoms with Crippen LogP contribution in [-0.2, 0) is 37.7 Å². The molecule has 15 heteroatoms. The average molecular weight is 714 g/mol. The van der Waals surface area contributed by atoms with Gasteiger partial charge in [-0.15, -0.1) is 0 Å². The summed E-state index contributed by atoms with van der Waals surface area (Å²) >= 11 is 0. The van der Waals surface area contributed by atoms with Crippen molar-refractivity contribution in [3.63, 3.8) is 0 Å². The summed E-state index contributed by atoms with van der Waals surface area (Å²) in [5, 5.41) is -0.417. The maximum absolute atomic E-state index is 14.4. The van der Waals surface area contributed by atoms with E-state index in [1.54, 1.807) is 13.0 Å². The van der Waals surface area contributed by atoms with Gasteiger partial charge in [-0.05, 0) is 62.1 Å². The molecule has 2 heterocycles. The molecule has 0 radical (unpaired) electrons. The lowest BCUT2D eigenvalue weighted by molar-refractivity contribution is -0.0497. The van der Waals surface area contributed by atoms with Crippen LogP contribution in [0.1, 0.15) is 39.2 Å². The zero-order valence-corrected chi connectivity index (χ0v) is 28.6. The van der Waals surface area contributed by atoms with Crippen LogP contribution in [0.25, 0.3) is 11.0 Å². The normalized spacial score (nSPS) is 12.2. The van der Waals surface area contributed by atoms with Gasteiger partial charge in [0.25, 0.3) is 10.0 Å². The number of nitrogens with zero attached hydrogens (tertiary/aromatic N) is 3. The van der Waals surface area contributed by atoms with Gasteiger partial charge in [-0.2, -0.15) is 8.78 Å². The number of hydrogen-bond acceptors (Lipinski definition) is 10. The van der Waals surface area contributed by atoms with Gasteiger partial charge >= 0.3 is 12.6 Å². The zero-order chi connectivity index (χ0) is 35.3. The predicted molar refractivity (Wildman–Crippen MR) is 177 cm³/mol. The van der Waals surface area contributed by atoms with Crippen molar-refractivity contribution in [3.8, 4) is 17.2 Å². The zero-order valence-electron chi connectivity index (χ0n) is 27.0. The first-order chi connectivity index (χ1) is 23.4. The third kappa shape index (κ3) is 7.89. The third-order valence-corrected chi connectivity index (χ3v) is 10.7. The molecule has 2 aromatic heterocycles. The van der Waals surface area contributed by atoms with Crippen molar-refractivity contribution in [1.82, 2.24) is 13.9 Å². The molecule has 11 nitrogen and oxygen atoms in total. The molecule has 1 unspecified atom stereocenters. The van der Waals surface area contributed by atoms with Gasteiger partial charge in [0.2, 0.25) is 5.16 Å². The number of pyridine rings is 1. The largest absolute Gasteiger partial charge is 0.493 e. The summed E-state index contributed by atoms with van der Waals surface area (Å²) in [6.07, 6.45) is 2.67. The van der Waals surface area contributed by atoms with Gasteiger partial charge < -0.3 is 18.9 Å². The number of hydrogen-bond donors (Lipinski definition) is 0. The molecule has 258 valence electrons. The van der Waals surface area contributed by atoms with Crippen LogP contribution in [0.3, 0.4) is 0 Å². The number of carbonyl (C=O) groups excluding carboxylic acids is 1. The number of aryl methyl sites for hydroxylation is 3. The van der Waals surface area contributed by atoms with Gasteiger partial charge in [0.15, 0.2) is 11.5 Å². The first-order valence-corrected chi connectivity index (χ1v) is 17.7. The van der Waals surface area contributed by atoms with Gasteiger partial charge in [-0.1, -0.05) is 35.9 Å². The molecule has 0 amide bonds. The molecule has 3 aromatic carbocycles. The van der Waals surface area contributed by atoms with Crippen molar-refractivity contribution in [2.75, 3.05) is 20.8 Å². The Hall–Kier alpha value is -4.89. The molecule has 0 saturated heterocycles. The maximum Gasteiger partial charge on any atom is 0.387 e. The second kappa shape index (κ2) is 15.1. The fraction of sp³-hybridized carbons (Fsp3) is 0.265. The standard InChI is InChI=1S/C34H33F2N3O8S2/c1-21-7-10-23(11-8-21)6-5-17-46-32(40)24-12-9-22(2)30(18-24)49(42,43)39-28-14-13-25(47-33(35)36)19-26(28)38-34(39)48(41)20-27-31(45-4)29(44-3)15-16-37-27/h7-16,18-19,33H,5-6,17,20H2,1-4H3. The Labute approximate surface area is 284 Å². The van der Waals surface area contributed by atoms with Gasteiger partial charge in [0.05, 0.1) is 64.6 Å². The van der Waals surface area contributed by atoms with Crippen LogP contribution >= 0.6 is 0 Å². The van der Waals surface area contributed by atoms with Crippen molar-refractivity contribution < 1.29 is 45.1 Å². The van der Waals surface area contributed by atoms with E-state index >= 15 is 0 Å². The molecule has 49 heavy (non-hydrogen) atoms. The Morgan fingerprint density at radius 1 is 0.980 bits per heavy atom. The van der Waals surface area contributed by atoms with E-state index in [2.05, 4.69) is 14.7 Å². The van der Waals surface area contributed by atoms with E-state index in [1.165, 1.54) is 44.7 Å². The van der Waals surface area contributed by atoms with E-state index in [-0.39, 0.29) is 56.6 Å². The van der Waals surface area contributed by atoms with E-state index in [4.69, 9.17) is 14.2 Å². The van der Waals surface area contributed by atoms with E-state index < -0.39 is 38.6 Å². The number of ether oxygens (including phenoxy) is 4. The summed E-state index contributed by atoms with van der Waals surface area (Å²) in [5.41, 5.74) is 2.58. The van der Waals surface area contributed by atoms with E-state index in [0.29, 0.717) is 18.6 Å². The van der Waals surface area contributed by atoms with Crippen molar-refractivity contribution in [3.05, 3.63) is 101 Å². The maximum atomic E-state index is 14.4. The average Bonchev–Trinajstić information content (AvgIpc) is 3.47. The minimum absolute atomic E-state index is 0.00968. The SMILES string of the molecule is COc1ccnc(CS(=O)c2nc3cc(OC(F)F)ccc3n2S(=O)(=O)c2cc(C(=O)OCCCc3ccc(C)cc3)ccc2C)c1OC. The number of halogens is 2. The number of benzene rings is 3. The Morgan fingerprint density at radius 3 is 2.43 bits per heavy atom. The van der Waals surface area contributed by atoms with Crippen LogP contribution < -0.4 is 14.2 Å². The minimum Gasteiger partial charge on any atom is -0.493 e. The molecule has 0 aliphatic heterocycles. The second-order valence-corrected chi connectivity index (χ2v) is 14.0. The number of carbonyl (C=O) groups is 1. The topological polar surface area (TPSA) is 136 Å². The minimum atomic E-state index is -4.62. The predicted octanol–water partition coefficient (Wildman–Crippen LogP) is 6.00. The first kappa shape index (κ1) is 35.4. The lowest BCUT2D eigenvalue weighted by atomic mass is 10.1. The van der Waals surface area contributed by atoms with Crippen molar-refractivity contribution in [2.24, 2.45) is 0 Å². The third-order valence-electron chi connectivity index (χ3n) is 7.52. The number of fused-ring (bicyclic) bond motifs is 1. The number of alkyl halides is 2. The summed E-state index contributed by atoms with van der Waals surface area (Å²) < 4.78 is 90.2. The Kier molecular flexibility index (Phi) is 10.9. The molecule has 0 aliphatic carbocycles. The molecule has 0 bridgehead atoms. The first-order valence-electron chi connectivity index (χ1n) is 14.9. The van der Waals surface area contributed by atoms with Gasteiger partial charge in [0, 0.05) is 18.3 Å². The summed E-state index contributed by atoms with van der Waals surface area (Å²) in [6.45, 7) is 0.508. The highest BCUT2D eigenvalue weighted by atomic mass is 32.2. The van der Waals surface area contributed by atoms with Crippen LogP contribution in [0.5, 0.6) is 17.2 Å². The molecular weight excluding hydrogens is 681 g/mol. The van der Waals surface area contributed by atoms with E-state index in [1.807, 2.05) is 31.2 Å². The summed E-state index contributed by atoms with van der Waals surface area (Å²) in [4.78, 5) is 21.3. The van der Waals surface area contributed by atoms with Crippen LogP contribution in [0, 0.1) is 13.8 Å². The van der Waals surface area contributed by atoms with Crippen LogP contribution in [0.4, 0.5) is 8.78 Å². The Morgan fingerprint density at radius 2 is 1.73 bits per heavy atom. The van der Waals surface area contributed by atoms with E-state index in [0.717, 1.165) is 27.2 Å². The molecule has 0 spiro atoms. The Bertz CT molecular complexity index is 2120. The number of rotatable bonds is 14. The number of imidazole rings is 1. The van der Waals surface area contributed by atoms with Crippen LogP contribution in [-0.4, -0.2) is 60.0 Å². The highest BCUT2D eigenvalue weighted by Crippen LogP contribution is 2.33. The van der Waals surface area contributed by atoms with Crippen LogP contribution in [0.2, 0.25) is 0 Å². The van der Waals surface area contributed by atoms with Crippen molar-refractivity contribution in [1.29, 1.82) is 0 Å². The lowest BCUT2D eigenvalue weighted by Gasteiger charge is -2.14. The summed E-state index contributed by atoms with van der Waals surface area (Å²) in [5.74, 6) is -0.828. The molecule has 0 fully saturated rings. The Balaban J connectivity index is 1.50. The summed E-state index contributed by atoms with van der Waals surface area (Å²) in [6, 6.07) is 17.2. The fourth-order valence-electron chi connectivity index (χ4n) is 5.09. The van der Waals surface area contributed by atoms with Gasteiger partial charge in [-0.25, -0.2) is 22.2 Å². The molecule has 0 N–H and O–H groups in total. The number of methoxy groups -OCH3 is 2. The second-order valence-electron chi connectivity index (χ2n) is 10.9. The van der Waals surface area contributed by atoms with E-state index in [9.17, 15) is 26.2 Å². The molecule has 0 aliphatic rings. The highest BCUT2D eigenvalue weighted by Gasteiger charge is 2.31. The highest BCUT2D eigenvalue weighted by molar-refractivity contribution is 7.91. The van der Waals surface area contributed by atoms with Gasteiger partial charge in [-0.3, -0.25) is 9.19 Å².